The molecule has 0 saturated carbocycles. The van der Waals surface area contributed by atoms with E-state index in [9.17, 15) is 23.2 Å². The smallest absolute Gasteiger partial charge is 0.324 e. The lowest BCUT2D eigenvalue weighted by atomic mass is 9.87. The van der Waals surface area contributed by atoms with Gasteiger partial charge in [0.1, 0.15) is 23.7 Å². The van der Waals surface area contributed by atoms with Crippen LogP contribution in [0.1, 0.15) is 18.9 Å². The summed E-state index contributed by atoms with van der Waals surface area (Å²) < 4.78 is 26.4. The summed E-state index contributed by atoms with van der Waals surface area (Å²) in [5, 5.41) is 4.89. The number of rotatable bonds is 5. The number of carbonyl (C=O) groups excluding carboxylic acids is 3. The maximum atomic E-state index is 13.2. The maximum absolute atomic E-state index is 13.2. The summed E-state index contributed by atoms with van der Waals surface area (Å²) in [6, 6.07) is 8.10. The van der Waals surface area contributed by atoms with E-state index in [1.54, 1.807) is 6.92 Å². The quantitative estimate of drug-likeness (QED) is 0.745. The molecule has 2 N–H and O–H groups in total. The van der Waals surface area contributed by atoms with E-state index in [0.29, 0.717) is 5.56 Å². The van der Waals surface area contributed by atoms with Gasteiger partial charge in [0.15, 0.2) is 0 Å². The molecule has 1 fully saturated rings. The summed E-state index contributed by atoms with van der Waals surface area (Å²) in [5.74, 6) is -2.38. The molecular formula is C19H16ClF2N3O3. The number of nitrogens with one attached hydrogen (secondary N) is 2. The van der Waals surface area contributed by atoms with E-state index in [0.717, 1.165) is 11.0 Å². The first-order chi connectivity index (χ1) is 13.3. The molecule has 1 saturated heterocycles. The minimum absolute atomic E-state index is 0.172. The van der Waals surface area contributed by atoms with E-state index >= 15 is 0 Å². The van der Waals surface area contributed by atoms with E-state index in [1.807, 2.05) is 0 Å². The zero-order valence-electron chi connectivity index (χ0n) is 14.8. The molecule has 0 aromatic heterocycles. The molecule has 0 aliphatic carbocycles. The van der Waals surface area contributed by atoms with Gasteiger partial charge in [0, 0.05) is 5.69 Å². The standard InChI is InChI=1S/C19H16ClF2N3O3/c1-2-19(11-3-5-12(21)6-4-11)17(27)25(18(28)24-19)10-16(26)23-13-7-8-15(22)14(20)9-13/h3-9H,2,10H2,1H3,(H,23,26)(H,24,28). The fourth-order valence-electron chi connectivity index (χ4n) is 3.06. The summed E-state index contributed by atoms with van der Waals surface area (Å²) >= 11 is 5.67. The van der Waals surface area contributed by atoms with Gasteiger partial charge in [-0.3, -0.25) is 14.5 Å². The molecular weight excluding hydrogens is 392 g/mol. The number of amides is 4. The summed E-state index contributed by atoms with van der Waals surface area (Å²) in [7, 11) is 0. The maximum Gasteiger partial charge on any atom is 0.325 e. The monoisotopic (exact) mass is 407 g/mol. The number of carbonyl (C=O) groups is 3. The number of imide groups is 1. The highest BCUT2D eigenvalue weighted by Gasteiger charge is 2.51. The Morgan fingerprint density at radius 2 is 1.86 bits per heavy atom. The Balaban J connectivity index is 1.78. The van der Waals surface area contributed by atoms with Crippen molar-refractivity contribution in [3.05, 3.63) is 64.7 Å². The van der Waals surface area contributed by atoms with Gasteiger partial charge < -0.3 is 10.6 Å². The minimum atomic E-state index is -1.37. The Bertz CT molecular complexity index is 952. The van der Waals surface area contributed by atoms with E-state index in [4.69, 9.17) is 11.6 Å². The summed E-state index contributed by atoms with van der Waals surface area (Å²) in [6.45, 7) is 1.16. The van der Waals surface area contributed by atoms with Crippen LogP contribution in [-0.4, -0.2) is 29.3 Å². The van der Waals surface area contributed by atoms with Crippen molar-refractivity contribution in [3.8, 4) is 0 Å². The molecule has 1 aliphatic heterocycles. The highest BCUT2D eigenvalue weighted by Crippen LogP contribution is 2.32. The Hall–Kier alpha value is -3.00. The van der Waals surface area contributed by atoms with E-state index in [2.05, 4.69) is 10.6 Å². The zero-order chi connectivity index (χ0) is 20.5. The van der Waals surface area contributed by atoms with Crippen molar-refractivity contribution >= 4 is 35.1 Å². The molecule has 6 nitrogen and oxygen atoms in total. The van der Waals surface area contributed by atoms with Gasteiger partial charge in [0.25, 0.3) is 5.91 Å². The average molecular weight is 408 g/mol. The third-order valence-corrected chi connectivity index (χ3v) is 4.84. The Kier molecular flexibility index (Phi) is 5.33. The number of hydrogen-bond acceptors (Lipinski definition) is 3. The predicted molar refractivity (Wildman–Crippen MR) is 98.7 cm³/mol. The second-order valence-electron chi connectivity index (χ2n) is 6.26. The van der Waals surface area contributed by atoms with Crippen molar-refractivity contribution in [2.45, 2.75) is 18.9 Å². The van der Waals surface area contributed by atoms with Gasteiger partial charge in [-0.25, -0.2) is 13.6 Å². The van der Waals surface area contributed by atoms with Gasteiger partial charge in [-0.2, -0.15) is 0 Å². The Morgan fingerprint density at radius 3 is 2.46 bits per heavy atom. The normalized spacial score (nSPS) is 18.9. The van der Waals surface area contributed by atoms with Crippen molar-refractivity contribution in [2.24, 2.45) is 0 Å². The number of urea groups is 1. The van der Waals surface area contributed by atoms with Crippen LogP contribution in [0.4, 0.5) is 19.3 Å². The molecule has 28 heavy (non-hydrogen) atoms. The van der Waals surface area contributed by atoms with Gasteiger partial charge in [-0.1, -0.05) is 30.7 Å². The first-order valence-electron chi connectivity index (χ1n) is 8.42. The number of nitrogens with zero attached hydrogens (tertiary/aromatic N) is 1. The van der Waals surface area contributed by atoms with Gasteiger partial charge in [-0.05, 0) is 42.3 Å². The lowest BCUT2D eigenvalue weighted by Gasteiger charge is -2.25. The van der Waals surface area contributed by atoms with Crippen molar-refractivity contribution in [1.82, 2.24) is 10.2 Å². The topological polar surface area (TPSA) is 78.5 Å². The fourth-order valence-corrected chi connectivity index (χ4v) is 3.24. The van der Waals surface area contributed by atoms with Crippen LogP contribution >= 0.6 is 11.6 Å². The lowest BCUT2D eigenvalue weighted by Crippen LogP contribution is -2.44. The molecule has 1 aliphatic rings. The summed E-state index contributed by atoms with van der Waals surface area (Å²) in [4.78, 5) is 38.3. The molecule has 1 atom stereocenters. The number of benzene rings is 2. The molecule has 1 unspecified atom stereocenters. The van der Waals surface area contributed by atoms with Crippen LogP contribution in [0.3, 0.4) is 0 Å². The second kappa shape index (κ2) is 7.55. The number of halogens is 3. The molecule has 9 heteroatoms. The molecule has 2 aromatic carbocycles. The molecule has 0 spiro atoms. The van der Waals surface area contributed by atoms with Crippen molar-refractivity contribution < 1.29 is 23.2 Å². The van der Waals surface area contributed by atoms with Crippen LogP contribution in [0.5, 0.6) is 0 Å². The molecule has 0 bridgehead atoms. The van der Waals surface area contributed by atoms with Crippen LogP contribution in [-0.2, 0) is 15.1 Å². The van der Waals surface area contributed by atoms with Gasteiger partial charge >= 0.3 is 6.03 Å². The third kappa shape index (κ3) is 3.55. The molecule has 0 radical (unpaired) electrons. The van der Waals surface area contributed by atoms with Crippen LogP contribution in [0.25, 0.3) is 0 Å². The largest absolute Gasteiger partial charge is 0.325 e. The fraction of sp³-hybridized carbons (Fsp3) is 0.211. The van der Waals surface area contributed by atoms with Gasteiger partial charge in [0.05, 0.1) is 5.02 Å². The van der Waals surface area contributed by atoms with E-state index in [1.165, 1.54) is 36.4 Å². The van der Waals surface area contributed by atoms with Crippen LogP contribution in [0.15, 0.2) is 42.5 Å². The molecule has 4 amide bonds. The van der Waals surface area contributed by atoms with Gasteiger partial charge in [0.2, 0.25) is 5.91 Å². The van der Waals surface area contributed by atoms with Gasteiger partial charge in [-0.15, -0.1) is 0 Å². The molecule has 146 valence electrons. The Labute approximate surface area is 164 Å². The lowest BCUT2D eigenvalue weighted by molar-refractivity contribution is -0.134. The number of hydrogen-bond donors (Lipinski definition) is 2. The van der Waals surface area contributed by atoms with Crippen molar-refractivity contribution in [3.63, 3.8) is 0 Å². The van der Waals surface area contributed by atoms with Crippen molar-refractivity contribution in [2.75, 3.05) is 11.9 Å². The third-order valence-electron chi connectivity index (χ3n) is 4.55. The summed E-state index contributed by atoms with van der Waals surface area (Å²) in [5.41, 5.74) is -0.726. The first-order valence-corrected chi connectivity index (χ1v) is 8.79. The van der Waals surface area contributed by atoms with Crippen LogP contribution in [0, 0.1) is 11.6 Å². The minimum Gasteiger partial charge on any atom is -0.324 e. The van der Waals surface area contributed by atoms with E-state index < -0.39 is 41.6 Å². The van der Waals surface area contributed by atoms with Crippen LogP contribution < -0.4 is 10.6 Å². The van der Waals surface area contributed by atoms with Crippen LogP contribution in [0.2, 0.25) is 5.02 Å². The average Bonchev–Trinajstić information content (AvgIpc) is 2.90. The predicted octanol–water partition coefficient (Wildman–Crippen LogP) is 3.41. The summed E-state index contributed by atoms with van der Waals surface area (Å²) in [6.07, 6.45) is 0.217. The molecule has 1 heterocycles. The zero-order valence-corrected chi connectivity index (χ0v) is 15.5. The van der Waals surface area contributed by atoms with E-state index in [-0.39, 0.29) is 17.1 Å². The SMILES string of the molecule is CCC1(c2ccc(F)cc2)NC(=O)N(CC(=O)Nc2ccc(F)c(Cl)c2)C1=O. The first kappa shape index (κ1) is 19.8. The Morgan fingerprint density at radius 1 is 1.18 bits per heavy atom. The molecule has 2 aromatic rings. The van der Waals surface area contributed by atoms with Crippen molar-refractivity contribution in [1.29, 1.82) is 0 Å². The second-order valence-corrected chi connectivity index (χ2v) is 6.67. The highest BCUT2D eigenvalue weighted by molar-refractivity contribution is 6.31. The highest BCUT2D eigenvalue weighted by atomic mass is 35.5. The molecule has 3 rings (SSSR count). The number of anilines is 1.